The van der Waals surface area contributed by atoms with Crippen molar-refractivity contribution in [3.8, 4) is 0 Å². The van der Waals surface area contributed by atoms with Gasteiger partial charge in [0, 0.05) is 39.9 Å². The smallest absolute Gasteiger partial charge is 0.248 e. The summed E-state index contributed by atoms with van der Waals surface area (Å²) < 4.78 is 14.3. The van der Waals surface area contributed by atoms with E-state index in [0.717, 1.165) is 16.8 Å². The van der Waals surface area contributed by atoms with Gasteiger partial charge in [-0.3, -0.25) is 15.0 Å². The van der Waals surface area contributed by atoms with Gasteiger partial charge in [-0.15, -0.1) is 0 Å². The zero-order chi connectivity index (χ0) is 23.7. The summed E-state index contributed by atoms with van der Waals surface area (Å²) in [5.74, 6) is -1.34. The summed E-state index contributed by atoms with van der Waals surface area (Å²) in [7, 11) is 0. The number of nitrogen functional groups attached to an aromatic ring is 1. The zero-order valence-electron chi connectivity index (χ0n) is 17.4. The molecule has 1 atom stereocenters. The summed E-state index contributed by atoms with van der Waals surface area (Å²) in [5.41, 5.74) is 14.9. The minimum atomic E-state index is -0.569. The van der Waals surface area contributed by atoms with Crippen LogP contribution in [0.15, 0.2) is 65.1 Å². The van der Waals surface area contributed by atoms with Crippen molar-refractivity contribution in [2.24, 2.45) is 11.5 Å². The van der Waals surface area contributed by atoms with Crippen LogP contribution < -0.4 is 21.7 Å². The first-order valence-electron chi connectivity index (χ1n) is 10.1. The first-order chi connectivity index (χ1) is 15.7. The summed E-state index contributed by atoms with van der Waals surface area (Å²) >= 11 is 3.24. The molecule has 2 amide bonds. The van der Waals surface area contributed by atoms with Crippen molar-refractivity contribution >= 4 is 45.0 Å². The highest BCUT2D eigenvalue weighted by molar-refractivity contribution is 9.10. The van der Waals surface area contributed by atoms with Crippen LogP contribution in [0.3, 0.4) is 0 Å². The number of benzene rings is 3. The molecule has 1 aliphatic heterocycles. The molecule has 3 aromatic rings. The average molecular weight is 510 g/mol. The number of nitrogens with zero attached hydrogens (tertiary/aromatic N) is 1. The lowest BCUT2D eigenvalue weighted by Crippen LogP contribution is -2.41. The van der Waals surface area contributed by atoms with Crippen LogP contribution in [0.1, 0.15) is 27.0 Å². The maximum absolute atomic E-state index is 13.8. The number of amidine groups is 1. The van der Waals surface area contributed by atoms with E-state index in [2.05, 4.69) is 21.2 Å². The van der Waals surface area contributed by atoms with E-state index in [1.54, 1.807) is 42.5 Å². The molecule has 0 bridgehead atoms. The van der Waals surface area contributed by atoms with Crippen molar-refractivity contribution in [1.82, 2.24) is 0 Å². The topological polar surface area (TPSA) is 125 Å². The van der Waals surface area contributed by atoms with Crippen LogP contribution in [0, 0.1) is 11.2 Å². The van der Waals surface area contributed by atoms with Crippen molar-refractivity contribution in [3.05, 3.63) is 93.2 Å². The highest BCUT2D eigenvalue weighted by Crippen LogP contribution is 2.35. The first kappa shape index (κ1) is 22.5. The Morgan fingerprint density at radius 1 is 1.06 bits per heavy atom. The largest absolute Gasteiger partial charge is 0.384 e. The Kier molecular flexibility index (Phi) is 6.15. The van der Waals surface area contributed by atoms with Gasteiger partial charge in [-0.1, -0.05) is 40.2 Å². The lowest BCUT2D eigenvalue weighted by atomic mass is 10.1. The summed E-state index contributed by atoms with van der Waals surface area (Å²) in [5, 5.41) is 10.6. The molecule has 0 fully saturated rings. The molecule has 0 aliphatic carbocycles. The zero-order valence-corrected chi connectivity index (χ0v) is 19.0. The molecule has 1 heterocycles. The molecule has 0 spiro atoms. The van der Waals surface area contributed by atoms with Crippen molar-refractivity contribution in [3.63, 3.8) is 0 Å². The minimum absolute atomic E-state index is 0.0685. The lowest BCUT2D eigenvalue weighted by molar-refractivity contribution is -0.117. The van der Waals surface area contributed by atoms with Crippen LogP contribution in [0.5, 0.6) is 0 Å². The number of primary amides is 1. The quantitative estimate of drug-likeness (QED) is 0.299. The average Bonchev–Trinajstić information content (AvgIpc) is 3.11. The first-order valence-corrected chi connectivity index (χ1v) is 10.9. The van der Waals surface area contributed by atoms with Crippen LogP contribution in [0.25, 0.3) is 0 Å². The number of halogens is 2. The Balaban J connectivity index is 1.66. The Morgan fingerprint density at radius 2 is 1.76 bits per heavy atom. The number of carbonyl (C=O) groups excluding carboxylic acids is 2. The third-order valence-corrected chi connectivity index (χ3v) is 5.98. The van der Waals surface area contributed by atoms with E-state index in [-0.39, 0.29) is 11.7 Å². The fourth-order valence-electron chi connectivity index (χ4n) is 3.91. The van der Waals surface area contributed by atoms with E-state index < -0.39 is 17.8 Å². The predicted octanol–water partition coefficient (Wildman–Crippen LogP) is 3.54. The highest BCUT2D eigenvalue weighted by atomic mass is 79.9. The molecule has 1 aliphatic rings. The van der Waals surface area contributed by atoms with E-state index in [0.29, 0.717) is 34.3 Å². The molecule has 4 rings (SSSR count). The molecule has 9 heteroatoms. The molecule has 33 heavy (non-hydrogen) atoms. The Bertz CT molecular complexity index is 1240. The third-order valence-electron chi connectivity index (χ3n) is 5.52. The molecule has 168 valence electrons. The summed E-state index contributed by atoms with van der Waals surface area (Å²) in [4.78, 5) is 26.6. The minimum Gasteiger partial charge on any atom is -0.384 e. The molecule has 7 nitrogen and oxygen atoms in total. The molecule has 0 aromatic heterocycles. The van der Waals surface area contributed by atoms with Crippen molar-refractivity contribution in [1.29, 1.82) is 5.41 Å². The van der Waals surface area contributed by atoms with Gasteiger partial charge in [0.25, 0.3) is 0 Å². The normalized spacial score (nSPS) is 14.6. The van der Waals surface area contributed by atoms with Gasteiger partial charge in [-0.25, -0.2) is 4.39 Å². The van der Waals surface area contributed by atoms with Gasteiger partial charge in [-0.2, -0.15) is 0 Å². The second-order valence-corrected chi connectivity index (χ2v) is 8.73. The Morgan fingerprint density at radius 3 is 2.39 bits per heavy atom. The second kappa shape index (κ2) is 9.03. The fraction of sp³-hybridized carbons (Fsp3) is 0.125. The number of amides is 2. The second-order valence-electron chi connectivity index (χ2n) is 7.81. The SMILES string of the molecule is N=C(N)c1ccc2c(c1)N(Cc1ccc(C(N)=O)cc1)C(C(=O)Nc1cc(F)cc(Br)c1)C2. The third kappa shape index (κ3) is 4.88. The molecular weight excluding hydrogens is 489 g/mol. The fourth-order valence-corrected chi connectivity index (χ4v) is 4.38. The van der Waals surface area contributed by atoms with Gasteiger partial charge in [0.15, 0.2) is 0 Å². The molecular formula is C24H21BrFN5O2. The summed E-state index contributed by atoms with van der Waals surface area (Å²) in [6.45, 7) is 0.373. The van der Waals surface area contributed by atoms with Crippen LogP contribution >= 0.6 is 15.9 Å². The molecule has 0 saturated heterocycles. The number of fused-ring (bicyclic) bond motifs is 1. The van der Waals surface area contributed by atoms with Crippen LogP contribution in [-0.4, -0.2) is 23.7 Å². The van der Waals surface area contributed by atoms with Gasteiger partial charge >= 0.3 is 0 Å². The lowest BCUT2D eigenvalue weighted by Gasteiger charge is -2.27. The van der Waals surface area contributed by atoms with Crippen LogP contribution in [0.2, 0.25) is 0 Å². The number of hydrogen-bond donors (Lipinski definition) is 4. The number of hydrogen-bond acceptors (Lipinski definition) is 4. The molecule has 1 unspecified atom stereocenters. The molecule has 3 aromatic carbocycles. The van der Waals surface area contributed by atoms with Gasteiger partial charge in [-0.05, 0) is 47.5 Å². The van der Waals surface area contributed by atoms with Gasteiger partial charge < -0.3 is 21.7 Å². The maximum Gasteiger partial charge on any atom is 0.248 e. The van der Waals surface area contributed by atoms with Crippen molar-refractivity contribution in [2.75, 3.05) is 10.2 Å². The predicted molar refractivity (Wildman–Crippen MR) is 129 cm³/mol. The molecule has 0 radical (unpaired) electrons. The van der Waals surface area contributed by atoms with E-state index in [1.165, 1.54) is 12.1 Å². The maximum atomic E-state index is 13.8. The molecule has 0 saturated carbocycles. The van der Waals surface area contributed by atoms with Gasteiger partial charge in [0.2, 0.25) is 11.8 Å². The van der Waals surface area contributed by atoms with Crippen LogP contribution in [0.4, 0.5) is 15.8 Å². The van der Waals surface area contributed by atoms with E-state index >= 15 is 0 Å². The van der Waals surface area contributed by atoms with E-state index in [9.17, 15) is 14.0 Å². The summed E-state index contributed by atoms with van der Waals surface area (Å²) in [6.07, 6.45) is 0.440. The number of nitrogens with two attached hydrogens (primary N) is 2. The van der Waals surface area contributed by atoms with Crippen molar-refractivity contribution in [2.45, 2.75) is 19.0 Å². The number of rotatable bonds is 6. The number of anilines is 2. The van der Waals surface area contributed by atoms with Gasteiger partial charge in [0.1, 0.15) is 17.7 Å². The number of nitrogens with one attached hydrogen (secondary N) is 2. The monoisotopic (exact) mass is 509 g/mol. The Hall–Kier alpha value is -3.72. The van der Waals surface area contributed by atoms with E-state index in [1.807, 2.05) is 11.0 Å². The Labute approximate surface area is 198 Å². The molecule has 6 N–H and O–H groups in total. The van der Waals surface area contributed by atoms with Crippen molar-refractivity contribution < 1.29 is 14.0 Å². The standard InChI is InChI=1S/C24H21BrFN5O2/c25-17-9-18(26)11-19(10-17)30-24(33)21-7-15-5-6-16(22(27)28)8-20(15)31(21)12-13-1-3-14(4-2-13)23(29)32/h1-6,8-11,21H,7,12H2,(H3,27,28)(H2,29,32)(H,30,33). The van der Waals surface area contributed by atoms with Crippen LogP contribution in [-0.2, 0) is 17.8 Å². The number of carbonyl (C=O) groups is 2. The summed E-state index contributed by atoms with van der Waals surface area (Å²) in [6, 6.07) is 15.9. The highest BCUT2D eigenvalue weighted by Gasteiger charge is 2.35. The van der Waals surface area contributed by atoms with E-state index in [4.69, 9.17) is 16.9 Å². The van der Waals surface area contributed by atoms with Gasteiger partial charge in [0.05, 0.1) is 0 Å².